The molecule has 0 radical (unpaired) electrons. The van der Waals surface area contributed by atoms with Crippen molar-refractivity contribution in [3.8, 4) is 5.75 Å². The van der Waals surface area contributed by atoms with E-state index in [0.29, 0.717) is 0 Å². The zero-order valence-corrected chi connectivity index (χ0v) is 15.0. The summed E-state index contributed by atoms with van der Waals surface area (Å²) in [6, 6.07) is 0. The number of carbonyl (C=O) groups excluding carboxylic acids is 2. The van der Waals surface area contributed by atoms with Crippen LogP contribution in [0.15, 0.2) is 5.18 Å². The Hall–Kier alpha value is -0.804. The fourth-order valence-electron chi connectivity index (χ4n) is 1.82. The Kier molecular flexibility index (Phi) is 7.53. The number of rotatable bonds is 3. The van der Waals surface area contributed by atoms with Gasteiger partial charge in [0.1, 0.15) is 5.69 Å². The Morgan fingerprint density at radius 1 is 1.00 bits per heavy atom. The maximum absolute atomic E-state index is 12.1. The second kappa shape index (κ2) is 7.84. The summed E-state index contributed by atoms with van der Waals surface area (Å²) in [7, 11) is 2.18. The van der Waals surface area contributed by atoms with Crippen molar-refractivity contribution < 1.29 is 75.6 Å². The van der Waals surface area contributed by atoms with E-state index < -0.39 is 17.7 Å². The molecule has 1 aromatic carbocycles. The molecule has 0 spiro atoms. The maximum Gasteiger partial charge on any atom is 1.00 e. The molecule has 20 heavy (non-hydrogen) atoms. The molecule has 0 amide bonds. The number of benzene rings is 1. The summed E-state index contributed by atoms with van der Waals surface area (Å²) >= 11 is 0. The number of hydrogen-bond donors (Lipinski definition) is 0. The van der Waals surface area contributed by atoms with Crippen LogP contribution in [0.25, 0.3) is 0 Å². The third-order valence-electron chi connectivity index (χ3n) is 2.78. The maximum atomic E-state index is 12.1. The van der Waals surface area contributed by atoms with Crippen LogP contribution in [0.4, 0.5) is 5.69 Å². The van der Waals surface area contributed by atoms with Crippen molar-refractivity contribution in [1.29, 1.82) is 0 Å². The Balaban J connectivity index is 0.00000361. The summed E-state index contributed by atoms with van der Waals surface area (Å²) in [4.78, 5) is 34.0. The molecule has 102 valence electrons. The predicted molar refractivity (Wildman–Crippen MR) is 63.5 cm³/mol. The minimum atomic E-state index is -0.933. The summed E-state index contributed by atoms with van der Waals surface area (Å²) in [5.74, 6) is -2.70. The Bertz CT molecular complexity index is 527. The van der Waals surface area contributed by atoms with E-state index in [-0.39, 0.29) is 79.3 Å². The Labute approximate surface area is 158 Å². The number of esters is 2. The molecule has 8 heteroatoms. The minimum absolute atomic E-state index is 0. The van der Waals surface area contributed by atoms with E-state index in [1.165, 1.54) is 13.8 Å². The number of methoxy groups -OCH3 is 2. The fourth-order valence-corrected chi connectivity index (χ4v) is 1.82. The molecule has 0 N–H and O–H groups in total. The summed E-state index contributed by atoms with van der Waals surface area (Å²) in [5.41, 5.74) is -0.749. The van der Waals surface area contributed by atoms with Gasteiger partial charge in [-0.2, -0.15) is 0 Å². The molecule has 0 heterocycles. The molecular formula is C12H12KNO6. The molecule has 0 atom stereocenters. The predicted octanol–water partition coefficient (Wildman–Crippen LogP) is -1.65. The van der Waals surface area contributed by atoms with Gasteiger partial charge in [-0.25, -0.2) is 9.59 Å². The van der Waals surface area contributed by atoms with Crippen LogP contribution >= 0.6 is 0 Å². The van der Waals surface area contributed by atoms with Gasteiger partial charge in [0.15, 0.2) is 0 Å². The smallest absolute Gasteiger partial charge is 0.871 e. The van der Waals surface area contributed by atoms with Crippen molar-refractivity contribution in [2.75, 3.05) is 14.2 Å². The van der Waals surface area contributed by atoms with E-state index in [4.69, 9.17) is 0 Å². The first-order valence-electron chi connectivity index (χ1n) is 5.24. The molecule has 0 aliphatic heterocycles. The third-order valence-corrected chi connectivity index (χ3v) is 2.78. The summed E-state index contributed by atoms with van der Waals surface area (Å²) in [6.07, 6.45) is 0. The molecule has 0 saturated carbocycles. The van der Waals surface area contributed by atoms with Crippen LogP contribution in [0.1, 0.15) is 31.8 Å². The van der Waals surface area contributed by atoms with Crippen LogP contribution in [0.5, 0.6) is 5.75 Å². The van der Waals surface area contributed by atoms with Crippen LogP contribution in [0.3, 0.4) is 0 Å². The number of nitroso groups, excluding NO2 is 1. The second-order valence-electron chi connectivity index (χ2n) is 3.75. The van der Waals surface area contributed by atoms with Crippen molar-refractivity contribution >= 4 is 17.6 Å². The van der Waals surface area contributed by atoms with Crippen LogP contribution in [0.2, 0.25) is 0 Å². The molecular weight excluding hydrogens is 293 g/mol. The van der Waals surface area contributed by atoms with E-state index in [9.17, 15) is 19.6 Å². The average molecular weight is 305 g/mol. The van der Waals surface area contributed by atoms with Gasteiger partial charge >= 0.3 is 63.3 Å². The van der Waals surface area contributed by atoms with Crippen LogP contribution in [0, 0.1) is 18.8 Å². The summed E-state index contributed by atoms with van der Waals surface area (Å²) < 4.78 is 8.94. The number of ether oxygens (including phenoxy) is 2. The molecule has 0 saturated heterocycles. The topological polar surface area (TPSA) is 105 Å². The van der Waals surface area contributed by atoms with Crippen molar-refractivity contribution in [3.63, 3.8) is 0 Å². The first kappa shape index (κ1) is 19.2. The summed E-state index contributed by atoms with van der Waals surface area (Å²) in [5, 5.41) is 14.9. The zero-order valence-electron chi connectivity index (χ0n) is 11.9. The number of nitrogens with zero attached hydrogens (tertiary/aromatic N) is 1. The van der Waals surface area contributed by atoms with Crippen molar-refractivity contribution in [2.45, 2.75) is 13.8 Å². The number of carbonyl (C=O) groups is 2. The van der Waals surface area contributed by atoms with Gasteiger partial charge in [0, 0.05) is 0 Å². The van der Waals surface area contributed by atoms with Gasteiger partial charge < -0.3 is 14.6 Å². The van der Waals surface area contributed by atoms with Gasteiger partial charge in [-0.15, -0.1) is 4.91 Å². The van der Waals surface area contributed by atoms with E-state index in [1.807, 2.05) is 0 Å². The zero-order chi connectivity index (χ0) is 14.7. The first-order chi connectivity index (χ1) is 8.90. The third kappa shape index (κ3) is 3.26. The van der Waals surface area contributed by atoms with E-state index >= 15 is 0 Å². The fraction of sp³-hybridized carbons (Fsp3) is 0.333. The standard InChI is InChI=1S/C12H13NO6.K/c1-5-7(11(15)18-3)10(14)8(12(16)19-4)6(2)9(5)13-17;/h14H,1-4H3;/q;+1/p-1. The quantitative estimate of drug-likeness (QED) is 0.376. The molecule has 0 aromatic heterocycles. The Morgan fingerprint density at radius 3 is 1.60 bits per heavy atom. The van der Waals surface area contributed by atoms with Crippen LogP contribution < -0.4 is 56.5 Å². The van der Waals surface area contributed by atoms with Gasteiger partial charge in [-0.05, 0) is 30.2 Å². The van der Waals surface area contributed by atoms with E-state index in [2.05, 4.69) is 14.7 Å². The molecule has 0 aliphatic carbocycles. The Morgan fingerprint density at radius 2 is 1.35 bits per heavy atom. The van der Waals surface area contributed by atoms with Crippen molar-refractivity contribution in [3.05, 3.63) is 27.2 Å². The molecule has 7 nitrogen and oxygen atoms in total. The van der Waals surface area contributed by atoms with Crippen LogP contribution in [-0.4, -0.2) is 26.2 Å². The van der Waals surface area contributed by atoms with Gasteiger partial charge in [0.05, 0.1) is 25.3 Å². The normalized spacial score (nSPS) is 9.40. The second-order valence-corrected chi connectivity index (χ2v) is 3.75. The number of hydrogen-bond acceptors (Lipinski definition) is 7. The van der Waals surface area contributed by atoms with Gasteiger partial charge in [-0.3, -0.25) is 0 Å². The molecule has 0 unspecified atom stereocenters. The monoisotopic (exact) mass is 305 g/mol. The SMILES string of the molecule is COC(=O)c1c(C)c(N=O)c(C)c(C(=O)OC)c1[O-].[K+]. The average Bonchev–Trinajstić information content (AvgIpc) is 2.38. The van der Waals surface area contributed by atoms with Gasteiger partial charge in [0.25, 0.3) is 0 Å². The molecule has 1 rings (SSSR count). The van der Waals surface area contributed by atoms with Gasteiger partial charge in [0.2, 0.25) is 0 Å². The van der Waals surface area contributed by atoms with Crippen molar-refractivity contribution in [1.82, 2.24) is 0 Å². The first-order valence-corrected chi connectivity index (χ1v) is 5.24. The summed E-state index contributed by atoms with van der Waals surface area (Å²) in [6.45, 7) is 2.77. The van der Waals surface area contributed by atoms with E-state index in [0.717, 1.165) is 14.2 Å². The molecule has 0 fully saturated rings. The molecule has 0 bridgehead atoms. The van der Waals surface area contributed by atoms with Crippen LogP contribution in [-0.2, 0) is 9.47 Å². The molecule has 0 aliphatic rings. The van der Waals surface area contributed by atoms with E-state index in [1.54, 1.807) is 0 Å². The van der Waals surface area contributed by atoms with Gasteiger partial charge in [-0.1, -0.05) is 5.75 Å². The molecule has 1 aromatic rings. The minimum Gasteiger partial charge on any atom is -0.871 e. The van der Waals surface area contributed by atoms with Crippen molar-refractivity contribution in [2.24, 2.45) is 5.18 Å². The largest absolute Gasteiger partial charge is 1.00 e.